The van der Waals surface area contributed by atoms with E-state index in [-0.39, 0.29) is 31.2 Å². The number of benzene rings is 1. The number of primary amides is 1. The van der Waals surface area contributed by atoms with Crippen LogP contribution in [0.5, 0.6) is 0 Å². The molecule has 0 aliphatic carbocycles. The lowest BCUT2D eigenvalue weighted by atomic mass is 10.1. The quantitative estimate of drug-likeness (QED) is 0.449. The maximum Gasteiger partial charge on any atom is 0.253 e. The summed E-state index contributed by atoms with van der Waals surface area (Å²) in [6.07, 6.45) is 0.702. The van der Waals surface area contributed by atoms with E-state index in [2.05, 4.69) is 16.0 Å². The second kappa shape index (κ2) is 10.8. The Morgan fingerprint density at radius 1 is 0.929 bits per heavy atom. The maximum absolute atomic E-state index is 12.2. The number of carbonyl (C=O) groups is 4. The van der Waals surface area contributed by atoms with E-state index in [1.807, 2.05) is 5.38 Å². The van der Waals surface area contributed by atoms with Gasteiger partial charge in [-0.3, -0.25) is 19.2 Å². The third-order valence-electron chi connectivity index (χ3n) is 3.75. The molecule has 1 heterocycles. The van der Waals surface area contributed by atoms with Gasteiger partial charge in [0.1, 0.15) is 0 Å². The molecule has 0 aliphatic rings. The minimum atomic E-state index is -0.507. The third-order valence-corrected chi connectivity index (χ3v) is 4.44. The zero-order valence-electron chi connectivity index (χ0n) is 15.2. The van der Waals surface area contributed by atoms with Crippen LogP contribution in [-0.4, -0.2) is 36.7 Å². The highest BCUT2D eigenvalue weighted by atomic mass is 32.1. The highest BCUT2D eigenvalue weighted by molar-refractivity contribution is 7.08. The summed E-state index contributed by atoms with van der Waals surface area (Å²) >= 11 is 1.44. The second-order valence-corrected chi connectivity index (χ2v) is 6.72. The van der Waals surface area contributed by atoms with Crippen molar-refractivity contribution in [2.45, 2.75) is 19.3 Å². The molecular weight excluding hydrogens is 380 g/mol. The van der Waals surface area contributed by atoms with E-state index in [9.17, 15) is 19.2 Å². The van der Waals surface area contributed by atoms with E-state index in [1.54, 1.807) is 35.7 Å². The fourth-order valence-corrected chi connectivity index (χ4v) is 2.98. The topological polar surface area (TPSA) is 130 Å². The molecule has 0 unspecified atom stereocenters. The number of thiophene rings is 1. The van der Waals surface area contributed by atoms with Gasteiger partial charge in [0.05, 0.1) is 11.3 Å². The van der Waals surface area contributed by atoms with E-state index >= 15 is 0 Å². The highest BCUT2D eigenvalue weighted by Crippen LogP contribution is 2.15. The number of amides is 4. The van der Waals surface area contributed by atoms with Gasteiger partial charge in [0.25, 0.3) is 11.8 Å². The molecular formula is C19H22N4O4S. The summed E-state index contributed by atoms with van der Waals surface area (Å²) in [6.45, 7) is 0.498. The van der Waals surface area contributed by atoms with Crippen molar-refractivity contribution in [2.24, 2.45) is 5.73 Å². The first-order valence-corrected chi connectivity index (χ1v) is 9.67. The maximum atomic E-state index is 12.2. The van der Waals surface area contributed by atoms with Crippen molar-refractivity contribution in [3.8, 4) is 0 Å². The molecule has 0 saturated carbocycles. The van der Waals surface area contributed by atoms with Crippen LogP contribution in [0.3, 0.4) is 0 Å². The Morgan fingerprint density at radius 3 is 2.39 bits per heavy atom. The Hall–Kier alpha value is -3.20. The average molecular weight is 402 g/mol. The number of carbonyl (C=O) groups excluding carboxylic acids is 4. The third kappa shape index (κ3) is 6.84. The van der Waals surface area contributed by atoms with Gasteiger partial charge >= 0.3 is 0 Å². The van der Waals surface area contributed by atoms with E-state index in [0.29, 0.717) is 29.8 Å². The fourth-order valence-electron chi connectivity index (χ4n) is 2.34. The zero-order valence-corrected chi connectivity index (χ0v) is 16.0. The fraction of sp³-hybridized carbons (Fsp3) is 0.263. The number of para-hydroxylation sites is 1. The number of hydrogen-bond acceptors (Lipinski definition) is 5. The van der Waals surface area contributed by atoms with Crippen LogP contribution < -0.4 is 21.7 Å². The lowest BCUT2D eigenvalue weighted by Gasteiger charge is -2.11. The van der Waals surface area contributed by atoms with Gasteiger partial charge in [0, 0.05) is 36.9 Å². The highest BCUT2D eigenvalue weighted by Gasteiger charge is 2.13. The monoisotopic (exact) mass is 402 g/mol. The van der Waals surface area contributed by atoms with Crippen LogP contribution >= 0.6 is 11.3 Å². The predicted molar refractivity (Wildman–Crippen MR) is 107 cm³/mol. The van der Waals surface area contributed by atoms with Gasteiger partial charge in [-0.25, -0.2) is 0 Å². The molecule has 0 radical (unpaired) electrons. The van der Waals surface area contributed by atoms with Gasteiger partial charge in [0.2, 0.25) is 11.8 Å². The summed E-state index contributed by atoms with van der Waals surface area (Å²) in [5.41, 5.74) is 6.33. The van der Waals surface area contributed by atoms with Gasteiger partial charge in [-0.05, 0) is 30.0 Å². The molecule has 2 aromatic rings. The Morgan fingerprint density at radius 2 is 1.68 bits per heavy atom. The van der Waals surface area contributed by atoms with E-state index in [1.165, 1.54) is 11.3 Å². The van der Waals surface area contributed by atoms with E-state index < -0.39 is 11.8 Å². The van der Waals surface area contributed by atoms with Crippen molar-refractivity contribution in [3.05, 3.63) is 52.2 Å². The van der Waals surface area contributed by atoms with Crippen LogP contribution in [0.1, 0.15) is 40.0 Å². The summed E-state index contributed by atoms with van der Waals surface area (Å²) in [5.74, 6) is -1.34. The first kappa shape index (κ1) is 21.1. The van der Waals surface area contributed by atoms with Crippen molar-refractivity contribution in [1.82, 2.24) is 10.6 Å². The number of anilines is 1. The molecule has 2 rings (SSSR count). The number of rotatable bonds is 10. The smallest absolute Gasteiger partial charge is 0.253 e. The number of nitrogens with two attached hydrogens (primary N) is 1. The van der Waals surface area contributed by atoms with Gasteiger partial charge in [-0.1, -0.05) is 12.1 Å². The number of hydrogen-bond donors (Lipinski definition) is 4. The molecule has 8 nitrogen and oxygen atoms in total. The summed E-state index contributed by atoms with van der Waals surface area (Å²) in [7, 11) is 0. The van der Waals surface area contributed by atoms with E-state index in [4.69, 9.17) is 5.73 Å². The first-order chi connectivity index (χ1) is 13.5. The van der Waals surface area contributed by atoms with Gasteiger partial charge in [-0.2, -0.15) is 11.3 Å². The van der Waals surface area contributed by atoms with Crippen molar-refractivity contribution in [2.75, 3.05) is 18.4 Å². The molecule has 148 valence electrons. The summed E-state index contributed by atoms with van der Waals surface area (Å²) < 4.78 is 0. The molecule has 5 N–H and O–H groups in total. The largest absolute Gasteiger partial charge is 0.370 e. The van der Waals surface area contributed by atoms with Crippen LogP contribution in [0, 0.1) is 0 Å². The molecule has 0 spiro atoms. The summed E-state index contributed by atoms with van der Waals surface area (Å²) in [6, 6.07) is 8.32. The molecule has 4 amide bonds. The van der Waals surface area contributed by atoms with Crippen molar-refractivity contribution < 1.29 is 19.2 Å². The first-order valence-electron chi connectivity index (χ1n) is 8.73. The molecule has 0 atom stereocenters. The Kier molecular flexibility index (Phi) is 8.16. The van der Waals surface area contributed by atoms with Gasteiger partial charge in [0.15, 0.2) is 0 Å². The SMILES string of the molecule is NC(=O)CCNC(=O)c1ccccc1NC(=O)CCCNC(=O)c1ccsc1. The molecule has 0 fully saturated rings. The second-order valence-electron chi connectivity index (χ2n) is 5.94. The predicted octanol–water partition coefficient (Wildman–Crippen LogP) is 1.50. The molecule has 1 aromatic carbocycles. The van der Waals surface area contributed by atoms with Crippen molar-refractivity contribution >= 4 is 40.7 Å². The minimum absolute atomic E-state index is 0.0391. The minimum Gasteiger partial charge on any atom is -0.370 e. The van der Waals surface area contributed by atoms with Crippen LogP contribution in [0.2, 0.25) is 0 Å². The summed E-state index contributed by atoms with van der Waals surface area (Å²) in [4.78, 5) is 46.9. The van der Waals surface area contributed by atoms with Gasteiger partial charge in [-0.15, -0.1) is 0 Å². The van der Waals surface area contributed by atoms with Crippen LogP contribution in [-0.2, 0) is 9.59 Å². The van der Waals surface area contributed by atoms with Crippen LogP contribution in [0.15, 0.2) is 41.1 Å². The molecule has 0 bridgehead atoms. The Balaban J connectivity index is 1.79. The molecule has 0 saturated heterocycles. The molecule has 9 heteroatoms. The van der Waals surface area contributed by atoms with Crippen LogP contribution in [0.4, 0.5) is 5.69 Å². The Bertz CT molecular complexity index is 836. The average Bonchev–Trinajstić information content (AvgIpc) is 3.20. The van der Waals surface area contributed by atoms with E-state index in [0.717, 1.165) is 0 Å². The molecule has 28 heavy (non-hydrogen) atoms. The lowest BCUT2D eigenvalue weighted by molar-refractivity contribution is -0.118. The van der Waals surface area contributed by atoms with Crippen LogP contribution in [0.25, 0.3) is 0 Å². The number of nitrogens with one attached hydrogen (secondary N) is 3. The normalized spacial score (nSPS) is 10.1. The molecule has 0 aliphatic heterocycles. The van der Waals surface area contributed by atoms with Crippen molar-refractivity contribution in [3.63, 3.8) is 0 Å². The standard InChI is InChI=1S/C19H22N4O4S/c20-16(24)7-10-22-19(27)14-4-1-2-5-15(14)23-17(25)6-3-9-21-18(26)13-8-11-28-12-13/h1-2,4-5,8,11-12H,3,6-7,9-10H2,(H2,20,24)(H,21,26)(H,22,27)(H,23,25). The Labute approximate surface area is 166 Å². The summed E-state index contributed by atoms with van der Waals surface area (Å²) in [5, 5.41) is 11.6. The molecule has 1 aromatic heterocycles. The zero-order chi connectivity index (χ0) is 20.4. The van der Waals surface area contributed by atoms with Gasteiger partial charge < -0.3 is 21.7 Å². The lowest BCUT2D eigenvalue weighted by Crippen LogP contribution is -2.29. The van der Waals surface area contributed by atoms with Crippen molar-refractivity contribution in [1.29, 1.82) is 0 Å².